The Morgan fingerprint density at radius 1 is 1.19 bits per heavy atom. The highest BCUT2D eigenvalue weighted by atomic mass is 14.7. The maximum absolute atomic E-state index is 6.33. The monoisotopic (exact) mass is 354 g/mol. The molecule has 3 atom stereocenters. The van der Waals surface area contributed by atoms with Gasteiger partial charge in [0.25, 0.3) is 0 Å². The van der Waals surface area contributed by atoms with Gasteiger partial charge in [-0.05, 0) is 74.9 Å². The van der Waals surface area contributed by atoms with E-state index in [1.165, 1.54) is 50.5 Å². The molecule has 0 amide bonds. The second-order valence-electron chi connectivity index (χ2n) is 8.72. The minimum absolute atomic E-state index is 0.648. The Bertz CT molecular complexity index is 647. The van der Waals surface area contributed by atoms with Crippen LogP contribution in [0.2, 0.25) is 0 Å². The predicted molar refractivity (Wildman–Crippen MR) is 115 cm³/mol. The van der Waals surface area contributed by atoms with Crippen LogP contribution in [0.15, 0.2) is 52.2 Å². The Kier molecular flexibility index (Phi) is 7.08. The molecule has 26 heavy (non-hydrogen) atoms. The molecule has 2 N–H and O–H groups in total. The Labute approximate surface area is 161 Å². The molecule has 0 aromatic carbocycles. The molecule has 144 valence electrons. The second-order valence-corrected chi connectivity index (χ2v) is 8.72. The fourth-order valence-corrected chi connectivity index (χ4v) is 4.58. The van der Waals surface area contributed by atoms with E-state index in [2.05, 4.69) is 37.6 Å². The summed E-state index contributed by atoms with van der Waals surface area (Å²) in [6, 6.07) is 0. The van der Waals surface area contributed by atoms with Crippen molar-refractivity contribution in [2.24, 2.45) is 28.0 Å². The quantitative estimate of drug-likeness (QED) is 0.437. The third kappa shape index (κ3) is 4.99. The molecule has 0 aliphatic heterocycles. The molecular weight excluding hydrogens is 316 g/mol. The zero-order chi connectivity index (χ0) is 19.3. The summed E-state index contributed by atoms with van der Waals surface area (Å²) in [5, 5.41) is 0. The fourth-order valence-electron chi connectivity index (χ4n) is 4.58. The summed E-state index contributed by atoms with van der Waals surface area (Å²) in [6.07, 6.45) is 16.0. The van der Waals surface area contributed by atoms with Gasteiger partial charge in [-0.25, -0.2) is 0 Å². The smallest absolute Gasteiger partial charge is 0.0435 e. The summed E-state index contributed by atoms with van der Waals surface area (Å²) in [7, 11) is 1.80. The third-order valence-corrected chi connectivity index (χ3v) is 6.76. The number of hydrogen-bond donors (Lipinski definition) is 1. The predicted octanol–water partition coefficient (Wildman–Crippen LogP) is 6.37. The summed E-state index contributed by atoms with van der Waals surface area (Å²) < 4.78 is 0. The van der Waals surface area contributed by atoms with Crippen LogP contribution < -0.4 is 5.73 Å². The van der Waals surface area contributed by atoms with Gasteiger partial charge in [0, 0.05) is 18.5 Å². The van der Waals surface area contributed by atoms with Crippen molar-refractivity contribution in [2.45, 2.75) is 72.6 Å². The molecule has 0 radical (unpaired) electrons. The first-order valence-corrected chi connectivity index (χ1v) is 10.2. The van der Waals surface area contributed by atoms with Gasteiger partial charge < -0.3 is 5.73 Å². The highest BCUT2D eigenvalue weighted by molar-refractivity contribution is 5.98. The summed E-state index contributed by atoms with van der Waals surface area (Å²) in [4.78, 5) is 4.24. The van der Waals surface area contributed by atoms with Crippen molar-refractivity contribution in [3.63, 3.8) is 0 Å². The van der Waals surface area contributed by atoms with Gasteiger partial charge in [-0.3, -0.25) is 4.99 Å². The van der Waals surface area contributed by atoms with E-state index in [1.807, 2.05) is 19.9 Å². The molecule has 0 aromatic heterocycles. The van der Waals surface area contributed by atoms with Crippen LogP contribution in [-0.2, 0) is 0 Å². The maximum atomic E-state index is 6.33. The lowest BCUT2D eigenvalue weighted by Gasteiger charge is -2.23. The number of nitrogens with zero attached hydrogens (tertiary/aromatic N) is 1. The van der Waals surface area contributed by atoms with E-state index in [1.54, 1.807) is 7.05 Å². The van der Waals surface area contributed by atoms with E-state index >= 15 is 0 Å². The summed E-state index contributed by atoms with van der Waals surface area (Å²) in [5.41, 5.74) is 12.2. The van der Waals surface area contributed by atoms with Gasteiger partial charge >= 0.3 is 0 Å². The van der Waals surface area contributed by atoms with Crippen molar-refractivity contribution in [1.82, 2.24) is 0 Å². The molecule has 2 rings (SSSR count). The topological polar surface area (TPSA) is 38.4 Å². The van der Waals surface area contributed by atoms with Crippen molar-refractivity contribution < 1.29 is 0 Å². The van der Waals surface area contributed by atoms with E-state index in [0.717, 1.165) is 34.4 Å². The van der Waals surface area contributed by atoms with E-state index in [-0.39, 0.29) is 0 Å². The first kappa shape index (κ1) is 20.7. The first-order valence-electron chi connectivity index (χ1n) is 10.2. The normalized spacial score (nSPS) is 31.5. The minimum Gasteiger partial charge on any atom is -0.398 e. The Hall–Kier alpha value is -1.57. The molecule has 2 fully saturated rings. The standard InChI is InChI=1S/C24H38N2/c1-7-20(23(25)18(3)19(4)26-6)13-12-17(2)15-21-11-9-8-10-14-24(5)16-22(21)24/h7,12-13,21-22H,1,8-11,14-16,25H2,2-6H3/b17-12+,20-13+,23-18?,26-19?/t21?,22?,24-/m0/s1. The number of nitrogens with two attached hydrogens (primary N) is 1. The number of allylic oxidation sites excluding steroid dienone is 5. The molecule has 2 aliphatic carbocycles. The average molecular weight is 355 g/mol. The summed E-state index contributed by atoms with van der Waals surface area (Å²) >= 11 is 0. The van der Waals surface area contributed by atoms with Crippen LogP contribution in [0.3, 0.4) is 0 Å². The van der Waals surface area contributed by atoms with E-state index in [9.17, 15) is 0 Å². The second kappa shape index (κ2) is 8.88. The van der Waals surface area contributed by atoms with Gasteiger partial charge in [0.05, 0.1) is 0 Å². The van der Waals surface area contributed by atoms with Crippen molar-refractivity contribution >= 4 is 5.71 Å². The van der Waals surface area contributed by atoms with Crippen LogP contribution >= 0.6 is 0 Å². The highest BCUT2D eigenvalue weighted by Gasteiger charge is 2.52. The third-order valence-electron chi connectivity index (χ3n) is 6.76. The molecule has 2 heteroatoms. The SMILES string of the molecule is C=C/C(=C\C=C(/C)CC1CCCCC[C@@]2(C)CC12)C(N)=C(C)C(C)=NC. The van der Waals surface area contributed by atoms with Crippen LogP contribution in [0.25, 0.3) is 0 Å². The van der Waals surface area contributed by atoms with Gasteiger partial charge in [-0.2, -0.15) is 0 Å². The molecule has 2 unspecified atom stereocenters. The van der Waals surface area contributed by atoms with Crippen molar-refractivity contribution in [1.29, 1.82) is 0 Å². The zero-order valence-electron chi connectivity index (χ0n) is 17.6. The van der Waals surface area contributed by atoms with Gasteiger partial charge in [0.1, 0.15) is 0 Å². The minimum atomic E-state index is 0.648. The number of fused-ring (bicyclic) bond motifs is 1. The van der Waals surface area contributed by atoms with Crippen molar-refractivity contribution in [2.75, 3.05) is 7.05 Å². The number of aliphatic imine (C=N–C) groups is 1. The van der Waals surface area contributed by atoms with Crippen molar-refractivity contribution in [3.05, 3.63) is 47.2 Å². The number of hydrogen-bond acceptors (Lipinski definition) is 2. The van der Waals surface area contributed by atoms with Crippen LogP contribution in [0.4, 0.5) is 0 Å². The van der Waals surface area contributed by atoms with E-state index < -0.39 is 0 Å². The lowest BCUT2D eigenvalue weighted by atomic mass is 9.82. The molecule has 0 spiro atoms. The number of rotatable bonds is 6. The van der Waals surface area contributed by atoms with Crippen LogP contribution in [0.5, 0.6) is 0 Å². The van der Waals surface area contributed by atoms with Gasteiger partial charge in [-0.1, -0.05) is 56.6 Å². The molecule has 0 bridgehead atoms. The molecule has 2 aliphatic rings. The van der Waals surface area contributed by atoms with Crippen LogP contribution in [-0.4, -0.2) is 12.8 Å². The first-order chi connectivity index (χ1) is 12.3. The zero-order valence-corrected chi connectivity index (χ0v) is 17.6. The Morgan fingerprint density at radius 2 is 1.92 bits per heavy atom. The molecule has 0 saturated heterocycles. The van der Waals surface area contributed by atoms with Crippen LogP contribution in [0, 0.1) is 17.3 Å². The maximum Gasteiger partial charge on any atom is 0.0435 e. The summed E-state index contributed by atoms with van der Waals surface area (Å²) in [6.45, 7) is 12.7. The molecule has 0 heterocycles. The largest absolute Gasteiger partial charge is 0.398 e. The molecule has 2 nitrogen and oxygen atoms in total. The van der Waals surface area contributed by atoms with Gasteiger partial charge in [-0.15, -0.1) is 0 Å². The molecular formula is C24H38N2. The average Bonchev–Trinajstić information content (AvgIpc) is 3.28. The highest BCUT2D eigenvalue weighted by Crippen LogP contribution is 2.62. The Balaban J connectivity index is 2.10. The van der Waals surface area contributed by atoms with Gasteiger partial charge in [0.2, 0.25) is 0 Å². The van der Waals surface area contributed by atoms with Crippen molar-refractivity contribution in [3.8, 4) is 0 Å². The van der Waals surface area contributed by atoms with Gasteiger partial charge in [0.15, 0.2) is 0 Å². The van der Waals surface area contributed by atoms with E-state index in [0.29, 0.717) is 5.41 Å². The fraction of sp³-hybridized carbons (Fsp3) is 0.625. The Morgan fingerprint density at radius 3 is 2.58 bits per heavy atom. The summed E-state index contributed by atoms with van der Waals surface area (Å²) in [5.74, 6) is 1.81. The van der Waals surface area contributed by atoms with Crippen LogP contribution in [0.1, 0.15) is 72.6 Å². The molecule has 2 saturated carbocycles. The lowest BCUT2D eigenvalue weighted by Crippen LogP contribution is -2.12. The molecule has 0 aromatic rings. The lowest BCUT2D eigenvalue weighted by molar-refractivity contribution is 0.298. The van der Waals surface area contributed by atoms with E-state index in [4.69, 9.17) is 5.73 Å².